The Labute approximate surface area is 236 Å². The molecule has 0 radical (unpaired) electrons. The molecule has 1 aliphatic carbocycles. The van der Waals surface area contributed by atoms with Gasteiger partial charge in [0.2, 0.25) is 21.8 Å². The molecule has 2 aromatic carbocycles. The first-order valence-corrected chi connectivity index (χ1v) is 14.7. The van der Waals surface area contributed by atoms with Crippen LogP contribution < -0.4 is 10.2 Å². The highest BCUT2D eigenvalue weighted by Crippen LogP contribution is 2.54. The number of β-amino-alcohol motifs (C(OH)–C–C–N with tert-alkyl or cyclic N) is 1. The summed E-state index contributed by atoms with van der Waals surface area (Å²) in [7, 11) is -4.11. The molecule has 3 aromatic rings. The quantitative estimate of drug-likeness (QED) is 0.424. The minimum absolute atomic E-state index is 0.00300. The zero-order valence-corrected chi connectivity index (χ0v) is 23.0. The van der Waals surface area contributed by atoms with Crippen LogP contribution in [0.5, 0.6) is 0 Å². The van der Waals surface area contributed by atoms with Gasteiger partial charge >= 0.3 is 6.09 Å². The molecule has 11 nitrogen and oxygen atoms in total. The lowest BCUT2D eigenvalue weighted by atomic mass is 9.65. The molecule has 0 bridgehead atoms. The third-order valence-electron chi connectivity index (χ3n) is 8.33. The van der Waals surface area contributed by atoms with Crippen LogP contribution in [0.1, 0.15) is 24.2 Å². The monoisotopic (exact) mass is 579 g/mol. The van der Waals surface area contributed by atoms with E-state index in [1.54, 1.807) is 54.6 Å². The number of imide groups is 1. The zero-order valence-electron chi connectivity index (χ0n) is 22.2. The number of furan rings is 1. The predicted molar refractivity (Wildman–Crippen MR) is 145 cm³/mol. The number of sulfonamides is 1. The van der Waals surface area contributed by atoms with E-state index in [4.69, 9.17) is 9.15 Å². The molecule has 1 aromatic heterocycles. The van der Waals surface area contributed by atoms with Crippen LogP contribution in [0.2, 0.25) is 0 Å². The Kier molecular flexibility index (Phi) is 6.51. The second-order valence-electron chi connectivity index (χ2n) is 10.9. The lowest BCUT2D eigenvalue weighted by Crippen LogP contribution is -2.62. The molecule has 0 spiro atoms. The number of carbonyl (C=O) groups excluding carboxylic acids is 3. The van der Waals surface area contributed by atoms with E-state index in [0.717, 1.165) is 14.8 Å². The van der Waals surface area contributed by atoms with Crippen molar-refractivity contribution in [3.05, 3.63) is 84.3 Å². The Hall–Kier alpha value is -4.00. The van der Waals surface area contributed by atoms with Gasteiger partial charge in [0.1, 0.15) is 11.4 Å². The topological polar surface area (TPSA) is 146 Å². The Morgan fingerprint density at radius 1 is 1.00 bits per heavy atom. The summed E-state index contributed by atoms with van der Waals surface area (Å²) >= 11 is 0. The summed E-state index contributed by atoms with van der Waals surface area (Å²) in [5, 5.41) is 14.7. The third-order valence-corrected chi connectivity index (χ3v) is 10.1. The molecule has 0 unspecified atom stereocenters. The fraction of sp³-hybridized carbons (Fsp3) is 0.345. The van der Waals surface area contributed by atoms with Gasteiger partial charge in [0, 0.05) is 13.0 Å². The maximum atomic E-state index is 13.7. The van der Waals surface area contributed by atoms with Crippen LogP contribution in [0, 0.1) is 18.8 Å². The number of nitrogens with zero attached hydrogens (tertiary/aromatic N) is 2. The number of nitrogens with one attached hydrogen (secondary N) is 1. The SMILES string of the molecule is Cc1ccc(S(=O)(=O)N2C[C@]3(O)C[C@@H]4C(=O)N(c5ccccc5)C(=O)[C@@H]4C[C@]3(OC(=O)NCc3ccco3)C2)cc1. The summed E-state index contributed by atoms with van der Waals surface area (Å²) in [6, 6.07) is 18.1. The second-order valence-corrected chi connectivity index (χ2v) is 12.8. The number of ether oxygens (including phenoxy) is 1. The van der Waals surface area contributed by atoms with E-state index in [0.29, 0.717) is 11.4 Å². The first kappa shape index (κ1) is 27.2. The average molecular weight is 580 g/mol. The maximum Gasteiger partial charge on any atom is 0.408 e. The van der Waals surface area contributed by atoms with Crippen molar-refractivity contribution in [3.63, 3.8) is 0 Å². The maximum absolute atomic E-state index is 13.7. The highest BCUT2D eigenvalue weighted by atomic mass is 32.2. The number of rotatable bonds is 6. The van der Waals surface area contributed by atoms with Crippen LogP contribution in [0.3, 0.4) is 0 Å². The van der Waals surface area contributed by atoms with Crippen LogP contribution in [0.15, 0.2) is 82.3 Å². The van der Waals surface area contributed by atoms with Crippen molar-refractivity contribution in [2.45, 2.75) is 42.4 Å². The van der Waals surface area contributed by atoms with Crippen LogP contribution in [0.25, 0.3) is 0 Å². The van der Waals surface area contributed by atoms with Gasteiger partial charge in [0.25, 0.3) is 0 Å². The first-order valence-electron chi connectivity index (χ1n) is 13.2. The molecule has 12 heteroatoms. The molecule has 6 rings (SSSR count). The van der Waals surface area contributed by atoms with E-state index in [1.807, 2.05) is 6.92 Å². The van der Waals surface area contributed by atoms with Crippen molar-refractivity contribution in [3.8, 4) is 0 Å². The molecular weight excluding hydrogens is 550 g/mol. The van der Waals surface area contributed by atoms with Gasteiger partial charge in [-0.05, 0) is 49.7 Å². The van der Waals surface area contributed by atoms with Gasteiger partial charge in [-0.1, -0.05) is 35.9 Å². The van der Waals surface area contributed by atoms with Crippen molar-refractivity contribution < 1.29 is 37.1 Å². The lowest BCUT2D eigenvalue weighted by Gasteiger charge is -2.46. The largest absolute Gasteiger partial charge is 0.467 e. The van der Waals surface area contributed by atoms with Gasteiger partial charge in [-0.2, -0.15) is 4.31 Å². The molecule has 2 aliphatic heterocycles. The number of anilines is 1. The summed E-state index contributed by atoms with van der Waals surface area (Å²) in [6.45, 7) is 1.03. The summed E-state index contributed by atoms with van der Waals surface area (Å²) < 4.78 is 39.5. The van der Waals surface area contributed by atoms with E-state index in [2.05, 4.69) is 5.32 Å². The van der Waals surface area contributed by atoms with Crippen molar-refractivity contribution in [1.29, 1.82) is 0 Å². The van der Waals surface area contributed by atoms with Crippen LogP contribution in [0.4, 0.5) is 10.5 Å². The van der Waals surface area contributed by atoms with Crippen LogP contribution in [-0.4, -0.2) is 60.0 Å². The normalized spacial score (nSPS) is 27.9. The molecule has 3 aliphatic rings. The summed E-state index contributed by atoms with van der Waals surface area (Å²) in [6.07, 6.45) is 0.0599. The Balaban J connectivity index is 1.34. The summed E-state index contributed by atoms with van der Waals surface area (Å²) in [5.74, 6) is -2.31. The number of fused-ring (bicyclic) bond motifs is 2. The van der Waals surface area contributed by atoms with Crippen molar-refractivity contribution in [2.24, 2.45) is 11.8 Å². The number of carbonyl (C=O) groups is 3. The number of benzene rings is 2. The van der Waals surface area contributed by atoms with E-state index in [1.165, 1.54) is 18.4 Å². The zero-order chi connectivity index (χ0) is 29.0. The van der Waals surface area contributed by atoms with E-state index >= 15 is 0 Å². The number of para-hydroxylation sites is 1. The standard InChI is InChI=1S/C29H29N3O8S/c1-19-9-11-22(12-10-19)41(37,38)31-17-28(36)14-23-24(26(34)32(25(23)33)20-6-3-2-4-7-20)15-29(28,18-31)40-27(35)30-16-21-8-5-13-39-21/h2-13,23-24,36H,14-18H2,1H3,(H,30,35)/t23-,24+,28+,29-/m0/s1. The fourth-order valence-corrected chi connectivity index (χ4v) is 7.75. The molecule has 2 N–H and O–H groups in total. The second kappa shape index (κ2) is 9.82. The fourth-order valence-electron chi connectivity index (χ4n) is 6.21. The average Bonchev–Trinajstić information content (AvgIpc) is 3.63. The molecule has 2 saturated heterocycles. The molecule has 4 atom stereocenters. The first-order chi connectivity index (χ1) is 19.5. The predicted octanol–water partition coefficient (Wildman–Crippen LogP) is 2.59. The summed E-state index contributed by atoms with van der Waals surface area (Å²) in [5.41, 5.74) is -2.44. The van der Waals surface area contributed by atoms with Gasteiger partial charge in [-0.3, -0.25) is 14.5 Å². The molecule has 1 saturated carbocycles. The molecule has 3 amide bonds. The number of amides is 3. The van der Waals surface area contributed by atoms with Gasteiger partial charge in [0.05, 0.1) is 41.8 Å². The lowest BCUT2D eigenvalue weighted by molar-refractivity contribution is -0.170. The van der Waals surface area contributed by atoms with Crippen LogP contribution >= 0.6 is 0 Å². The third kappa shape index (κ3) is 4.52. The molecule has 3 heterocycles. The number of hydrogen-bond donors (Lipinski definition) is 2. The molecule has 41 heavy (non-hydrogen) atoms. The Morgan fingerprint density at radius 3 is 2.34 bits per heavy atom. The number of aryl methyl sites for hydroxylation is 1. The minimum atomic E-state index is -4.11. The van der Waals surface area contributed by atoms with Crippen molar-refractivity contribution in [2.75, 3.05) is 18.0 Å². The highest BCUT2D eigenvalue weighted by Gasteiger charge is 2.70. The minimum Gasteiger partial charge on any atom is -0.467 e. The highest BCUT2D eigenvalue weighted by molar-refractivity contribution is 7.89. The van der Waals surface area contributed by atoms with Gasteiger partial charge in [-0.25, -0.2) is 13.2 Å². The van der Waals surface area contributed by atoms with E-state index in [-0.39, 0.29) is 30.8 Å². The Bertz CT molecular complexity index is 1590. The van der Waals surface area contributed by atoms with E-state index in [9.17, 15) is 27.9 Å². The Morgan fingerprint density at radius 2 is 1.68 bits per heavy atom. The molecule has 214 valence electrons. The van der Waals surface area contributed by atoms with E-state index < -0.39 is 57.5 Å². The van der Waals surface area contributed by atoms with Crippen LogP contribution in [-0.2, 0) is 30.9 Å². The van der Waals surface area contributed by atoms with Crippen molar-refractivity contribution in [1.82, 2.24) is 9.62 Å². The number of alkyl carbamates (subject to hydrolysis) is 1. The van der Waals surface area contributed by atoms with Crippen molar-refractivity contribution >= 4 is 33.6 Å². The molecule has 3 fully saturated rings. The van der Waals surface area contributed by atoms with Gasteiger partial charge < -0.3 is 19.6 Å². The number of aliphatic hydroxyl groups is 1. The molecular formula is C29H29N3O8S. The van der Waals surface area contributed by atoms with Gasteiger partial charge in [0.15, 0.2) is 5.60 Å². The van der Waals surface area contributed by atoms with Gasteiger partial charge in [-0.15, -0.1) is 0 Å². The smallest absolute Gasteiger partial charge is 0.408 e. The number of hydrogen-bond acceptors (Lipinski definition) is 8. The summed E-state index contributed by atoms with van der Waals surface area (Å²) in [4.78, 5) is 41.3.